The molecule has 3 aliphatic rings. The second-order valence-electron chi connectivity index (χ2n) is 8.11. The normalized spacial score (nSPS) is 23.6. The van der Waals surface area contributed by atoms with Crippen molar-refractivity contribution in [3.63, 3.8) is 0 Å². The largest absolute Gasteiger partial charge is 0.315 e. The van der Waals surface area contributed by atoms with Crippen LogP contribution in [0, 0.1) is 11.7 Å². The molecule has 2 aromatic rings. The van der Waals surface area contributed by atoms with Gasteiger partial charge in [0.15, 0.2) is 4.87 Å². The van der Waals surface area contributed by atoms with Crippen molar-refractivity contribution >= 4 is 40.9 Å². The van der Waals surface area contributed by atoms with E-state index < -0.39 is 10.7 Å². The van der Waals surface area contributed by atoms with Crippen LogP contribution < -0.4 is 4.90 Å². The van der Waals surface area contributed by atoms with Crippen molar-refractivity contribution in [2.45, 2.75) is 37.1 Å². The molecule has 1 saturated heterocycles. The Kier molecular flexibility index (Phi) is 5.02. The first kappa shape index (κ1) is 19.9. The van der Waals surface area contributed by atoms with E-state index in [1.165, 1.54) is 23.9 Å². The van der Waals surface area contributed by atoms with Gasteiger partial charge in [-0.1, -0.05) is 42.6 Å². The first-order valence-corrected chi connectivity index (χ1v) is 11.7. The lowest BCUT2D eigenvalue weighted by molar-refractivity contribution is -0.143. The summed E-state index contributed by atoms with van der Waals surface area (Å²) in [5.41, 5.74) is 2.05. The third-order valence-electron chi connectivity index (χ3n) is 6.41. The molecule has 2 fully saturated rings. The van der Waals surface area contributed by atoms with Gasteiger partial charge < -0.3 is 9.80 Å². The van der Waals surface area contributed by atoms with Gasteiger partial charge in [0.2, 0.25) is 5.91 Å². The molecule has 1 spiro atoms. The minimum absolute atomic E-state index is 0.0284. The predicted molar refractivity (Wildman–Crippen MR) is 117 cm³/mol. The Balaban J connectivity index is 1.59. The number of rotatable bonds is 3. The summed E-state index contributed by atoms with van der Waals surface area (Å²) < 4.78 is 14.3. The Hall–Kier alpha value is -2.05. The van der Waals surface area contributed by atoms with Crippen molar-refractivity contribution in [1.82, 2.24) is 4.90 Å². The molecule has 7 heteroatoms. The van der Waals surface area contributed by atoms with Crippen LogP contribution in [0.4, 0.5) is 10.1 Å². The van der Waals surface area contributed by atoms with Gasteiger partial charge in [0.05, 0.1) is 12.2 Å². The molecule has 2 heterocycles. The molecule has 1 atom stereocenters. The average molecular weight is 445 g/mol. The molecule has 0 radical (unpaired) electrons. The smallest absolute Gasteiger partial charge is 0.268 e. The van der Waals surface area contributed by atoms with E-state index in [1.54, 1.807) is 21.9 Å². The molecular formula is C23H22ClFN2O2S. The summed E-state index contributed by atoms with van der Waals surface area (Å²) in [4.78, 5) is 29.5. The van der Waals surface area contributed by atoms with Crippen LogP contribution in [0.2, 0.25) is 5.02 Å². The number of hydrogen-bond donors (Lipinski definition) is 0. The number of hydrogen-bond acceptors (Lipinski definition) is 3. The van der Waals surface area contributed by atoms with E-state index in [0.717, 1.165) is 31.2 Å². The molecule has 0 N–H and O–H groups in total. The Morgan fingerprint density at radius 1 is 1.20 bits per heavy atom. The summed E-state index contributed by atoms with van der Waals surface area (Å²) in [6, 6.07) is 11.8. The van der Waals surface area contributed by atoms with Crippen molar-refractivity contribution in [1.29, 1.82) is 0 Å². The highest BCUT2D eigenvalue weighted by atomic mass is 35.5. The average Bonchev–Trinajstić information content (AvgIpc) is 3.47. The van der Waals surface area contributed by atoms with Gasteiger partial charge in [-0.25, -0.2) is 4.39 Å². The second-order valence-corrected chi connectivity index (χ2v) is 9.80. The summed E-state index contributed by atoms with van der Waals surface area (Å²) in [6.07, 6.45) is 3.82. The molecule has 2 amide bonds. The zero-order valence-corrected chi connectivity index (χ0v) is 18.0. The fourth-order valence-corrected chi connectivity index (χ4v) is 6.61. The van der Waals surface area contributed by atoms with Gasteiger partial charge in [-0.15, -0.1) is 11.8 Å². The Morgan fingerprint density at radius 2 is 1.97 bits per heavy atom. The highest BCUT2D eigenvalue weighted by molar-refractivity contribution is 8.01. The third-order valence-corrected chi connectivity index (χ3v) is 8.20. The molecule has 0 bridgehead atoms. The Morgan fingerprint density at radius 3 is 2.73 bits per heavy atom. The maximum absolute atomic E-state index is 14.3. The summed E-state index contributed by atoms with van der Waals surface area (Å²) in [7, 11) is 0. The van der Waals surface area contributed by atoms with E-state index in [1.807, 2.05) is 18.2 Å². The van der Waals surface area contributed by atoms with E-state index in [4.69, 9.17) is 11.6 Å². The van der Waals surface area contributed by atoms with Crippen LogP contribution in [0.25, 0.3) is 0 Å². The van der Waals surface area contributed by atoms with Crippen LogP contribution in [0.3, 0.4) is 0 Å². The molecule has 2 aromatic carbocycles. The van der Waals surface area contributed by atoms with Crippen LogP contribution in [0.15, 0.2) is 42.5 Å². The second kappa shape index (κ2) is 7.57. The summed E-state index contributed by atoms with van der Waals surface area (Å²) >= 11 is 7.79. The number of nitrogens with zero attached hydrogens (tertiary/aromatic N) is 2. The minimum atomic E-state index is -1.18. The van der Waals surface area contributed by atoms with E-state index in [0.29, 0.717) is 28.6 Å². The fraction of sp³-hybridized carbons (Fsp3) is 0.391. The van der Waals surface area contributed by atoms with Gasteiger partial charge in [-0.05, 0) is 42.7 Å². The molecular weight excluding hydrogens is 423 g/mol. The third kappa shape index (κ3) is 2.95. The SMILES string of the molecule is O=C(C1CCCC1)N1CCS[C@]12C(=O)N(Cc1ccccc1Cl)c1ccc(F)cc12. The first-order chi connectivity index (χ1) is 14.5. The fourth-order valence-electron chi connectivity index (χ4n) is 4.96. The number of anilines is 1. The zero-order chi connectivity index (χ0) is 20.9. The van der Waals surface area contributed by atoms with Crippen molar-refractivity contribution in [2.75, 3.05) is 17.2 Å². The van der Waals surface area contributed by atoms with Crippen molar-refractivity contribution in [3.8, 4) is 0 Å². The number of carbonyl (C=O) groups is 2. The van der Waals surface area contributed by atoms with Gasteiger partial charge >= 0.3 is 0 Å². The number of benzene rings is 2. The standard InChI is InChI=1S/C23H22ClFN2O2S/c24-19-8-4-3-7-16(19)14-26-20-10-9-17(25)13-18(20)23(22(26)29)27(11-12-30-23)21(28)15-5-1-2-6-15/h3-4,7-10,13,15H,1-2,5-6,11-12,14H2/t23-/m1/s1. The van der Waals surface area contributed by atoms with Crippen molar-refractivity contribution in [3.05, 3.63) is 64.4 Å². The van der Waals surface area contributed by atoms with Crippen LogP contribution in [0.1, 0.15) is 36.8 Å². The lowest BCUT2D eigenvalue weighted by Gasteiger charge is -2.34. The lowest BCUT2D eigenvalue weighted by atomic mass is 10.0. The maximum Gasteiger partial charge on any atom is 0.268 e. The topological polar surface area (TPSA) is 40.6 Å². The number of carbonyl (C=O) groups excluding carboxylic acids is 2. The van der Waals surface area contributed by atoms with Gasteiger partial charge in [-0.3, -0.25) is 9.59 Å². The van der Waals surface area contributed by atoms with Gasteiger partial charge in [0.25, 0.3) is 5.91 Å². The molecule has 0 aromatic heterocycles. The van der Waals surface area contributed by atoms with E-state index >= 15 is 0 Å². The van der Waals surface area contributed by atoms with E-state index in [9.17, 15) is 14.0 Å². The molecule has 1 aliphatic carbocycles. The number of halogens is 2. The number of thioether (sulfide) groups is 1. The monoisotopic (exact) mass is 444 g/mol. The van der Waals surface area contributed by atoms with Gasteiger partial charge in [-0.2, -0.15) is 0 Å². The zero-order valence-electron chi connectivity index (χ0n) is 16.4. The highest BCUT2D eigenvalue weighted by Gasteiger charge is 2.60. The molecule has 4 nitrogen and oxygen atoms in total. The van der Waals surface area contributed by atoms with Gasteiger partial charge in [0, 0.05) is 28.8 Å². The molecule has 30 heavy (non-hydrogen) atoms. The van der Waals surface area contributed by atoms with Crippen LogP contribution in [0.5, 0.6) is 0 Å². The van der Waals surface area contributed by atoms with Crippen LogP contribution >= 0.6 is 23.4 Å². The lowest BCUT2D eigenvalue weighted by Crippen LogP contribution is -2.51. The summed E-state index contributed by atoms with van der Waals surface area (Å²) in [5, 5.41) is 0.577. The van der Waals surface area contributed by atoms with E-state index in [2.05, 4.69) is 0 Å². The summed E-state index contributed by atoms with van der Waals surface area (Å²) in [6.45, 7) is 0.784. The highest BCUT2D eigenvalue weighted by Crippen LogP contribution is 2.55. The number of fused-ring (bicyclic) bond motifs is 2. The Bertz CT molecular complexity index is 1030. The molecule has 5 rings (SSSR count). The van der Waals surface area contributed by atoms with Crippen molar-refractivity contribution in [2.24, 2.45) is 5.92 Å². The number of amides is 2. The molecule has 2 aliphatic heterocycles. The van der Waals surface area contributed by atoms with Crippen LogP contribution in [-0.2, 0) is 21.0 Å². The van der Waals surface area contributed by atoms with Crippen LogP contribution in [-0.4, -0.2) is 29.0 Å². The minimum Gasteiger partial charge on any atom is -0.315 e. The van der Waals surface area contributed by atoms with E-state index in [-0.39, 0.29) is 24.3 Å². The van der Waals surface area contributed by atoms with Crippen molar-refractivity contribution < 1.29 is 14.0 Å². The maximum atomic E-state index is 14.3. The quantitative estimate of drug-likeness (QED) is 0.673. The Labute approximate surface area is 184 Å². The molecule has 0 unspecified atom stereocenters. The summed E-state index contributed by atoms with van der Waals surface area (Å²) in [5.74, 6) is 0.0573. The molecule has 1 saturated carbocycles. The predicted octanol–water partition coefficient (Wildman–Crippen LogP) is 4.94. The first-order valence-electron chi connectivity index (χ1n) is 10.3. The van der Waals surface area contributed by atoms with Gasteiger partial charge in [0.1, 0.15) is 5.82 Å². The molecule has 156 valence electrons.